The van der Waals surface area contributed by atoms with Crippen molar-refractivity contribution in [2.24, 2.45) is 0 Å². The van der Waals surface area contributed by atoms with Crippen LogP contribution in [0, 0.1) is 13.8 Å². The summed E-state index contributed by atoms with van der Waals surface area (Å²) >= 11 is 1.74. The lowest BCUT2D eigenvalue weighted by molar-refractivity contribution is -0.917. The van der Waals surface area contributed by atoms with Gasteiger partial charge in [0.15, 0.2) is 0 Å². The Morgan fingerprint density at radius 3 is 2.85 bits per heavy atom. The topological polar surface area (TPSA) is 67.8 Å². The third kappa shape index (κ3) is 3.34. The molecule has 0 radical (unpaired) electrons. The van der Waals surface area contributed by atoms with Crippen LogP contribution in [0.4, 0.5) is 0 Å². The number of aryl methyl sites for hydroxylation is 2. The Kier molecular flexibility index (Phi) is 4.69. The van der Waals surface area contributed by atoms with Gasteiger partial charge in [-0.1, -0.05) is 0 Å². The van der Waals surface area contributed by atoms with Gasteiger partial charge in [0, 0.05) is 22.5 Å². The quantitative estimate of drug-likeness (QED) is 0.715. The number of carbonyl (C=O) groups is 1. The van der Waals surface area contributed by atoms with Crippen LogP contribution in [0.2, 0.25) is 0 Å². The molecular formula is C18H23N6OS+. The normalized spacial score (nSPS) is 15.7. The van der Waals surface area contributed by atoms with Gasteiger partial charge in [0.1, 0.15) is 12.9 Å². The first-order valence-electron chi connectivity index (χ1n) is 8.90. The molecule has 0 saturated carbocycles. The zero-order chi connectivity index (χ0) is 18.1. The second-order valence-corrected chi connectivity index (χ2v) is 7.63. The van der Waals surface area contributed by atoms with Crippen molar-refractivity contribution in [3.63, 3.8) is 0 Å². The number of thiophene rings is 1. The molecule has 1 N–H and O–H groups in total. The van der Waals surface area contributed by atoms with Crippen LogP contribution >= 0.6 is 11.3 Å². The Bertz CT molecular complexity index is 911. The van der Waals surface area contributed by atoms with Gasteiger partial charge in [0.25, 0.3) is 5.78 Å². The SMILES string of the molecule is Cc1nc2ncnn2c(C)c1CC(=O)N1CC[NH+](Cc2ccsc2)CC1. The minimum absolute atomic E-state index is 0.173. The average Bonchev–Trinajstić information content (AvgIpc) is 3.31. The molecule has 1 saturated heterocycles. The first-order chi connectivity index (χ1) is 12.6. The molecule has 0 atom stereocenters. The molecule has 0 aliphatic carbocycles. The number of nitrogens with zero attached hydrogens (tertiary/aromatic N) is 5. The second kappa shape index (κ2) is 7.13. The summed E-state index contributed by atoms with van der Waals surface area (Å²) in [7, 11) is 0. The van der Waals surface area contributed by atoms with Crippen LogP contribution in [-0.4, -0.2) is 56.6 Å². The van der Waals surface area contributed by atoms with Gasteiger partial charge in [-0.15, -0.1) is 0 Å². The maximum atomic E-state index is 12.8. The maximum Gasteiger partial charge on any atom is 0.252 e. The van der Waals surface area contributed by atoms with Crippen LogP contribution in [-0.2, 0) is 17.8 Å². The number of hydrogen-bond acceptors (Lipinski definition) is 5. The summed E-state index contributed by atoms with van der Waals surface area (Å²) < 4.78 is 1.71. The van der Waals surface area contributed by atoms with E-state index in [2.05, 4.69) is 31.9 Å². The van der Waals surface area contributed by atoms with Crippen molar-refractivity contribution in [3.8, 4) is 0 Å². The standard InChI is InChI=1S/C18H22N6OS/c1-13-16(14(2)24-18(21-13)19-12-20-24)9-17(25)23-6-4-22(5-7-23)10-15-3-8-26-11-15/h3,8,11-12H,4-7,9-10H2,1-2H3/p+1. The molecule has 4 heterocycles. The molecule has 1 aliphatic rings. The molecule has 1 aliphatic heterocycles. The van der Waals surface area contributed by atoms with Crippen molar-refractivity contribution in [1.29, 1.82) is 0 Å². The highest BCUT2D eigenvalue weighted by Gasteiger charge is 2.25. The molecule has 4 rings (SSSR count). The highest BCUT2D eigenvalue weighted by atomic mass is 32.1. The Labute approximate surface area is 156 Å². The summed E-state index contributed by atoms with van der Waals surface area (Å²) in [6.07, 6.45) is 1.87. The molecule has 8 heteroatoms. The smallest absolute Gasteiger partial charge is 0.252 e. The highest BCUT2D eigenvalue weighted by molar-refractivity contribution is 7.07. The van der Waals surface area contributed by atoms with Gasteiger partial charge in [-0.05, 0) is 30.7 Å². The third-order valence-corrected chi connectivity index (χ3v) is 5.91. The summed E-state index contributed by atoms with van der Waals surface area (Å²) in [5, 5.41) is 8.54. The van der Waals surface area contributed by atoms with Crippen molar-refractivity contribution >= 4 is 23.0 Å². The summed E-state index contributed by atoms with van der Waals surface area (Å²) in [6.45, 7) is 8.59. The molecule has 136 valence electrons. The van der Waals surface area contributed by atoms with Crippen molar-refractivity contribution in [3.05, 3.63) is 45.7 Å². The Balaban J connectivity index is 1.40. The van der Waals surface area contributed by atoms with E-state index in [0.29, 0.717) is 12.2 Å². The minimum atomic E-state index is 0.173. The zero-order valence-electron chi connectivity index (χ0n) is 15.1. The number of rotatable bonds is 4. The van der Waals surface area contributed by atoms with Crippen LogP contribution in [0.5, 0.6) is 0 Å². The number of nitrogens with one attached hydrogen (secondary N) is 1. The van der Waals surface area contributed by atoms with Crippen molar-refractivity contribution < 1.29 is 9.69 Å². The molecule has 0 spiro atoms. The van der Waals surface area contributed by atoms with Gasteiger partial charge in [-0.2, -0.15) is 21.4 Å². The van der Waals surface area contributed by atoms with E-state index in [4.69, 9.17) is 0 Å². The van der Waals surface area contributed by atoms with E-state index in [1.165, 1.54) is 11.9 Å². The number of fused-ring (bicyclic) bond motifs is 1. The van der Waals surface area contributed by atoms with Crippen LogP contribution in [0.3, 0.4) is 0 Å². The number of quaternary nitrogens is 1. The number of aromatic nitrogens is 4. The van der Waals surface area contributed by atoms with Crippen LogP contribution < -0.4 is 4.90 Å². The largest absolute Gasteiger partial charge is 0.331 e. The van der Waals surface area contributed by atoms with Gasteiger partial charge in [-0.3, -0.25) is 4.79 Å². The van der Waals surface area contributed by atoms with E-state index in [1.807, 2.05) is 18.7 Å². The molecule has 26 heavy (non-hydrogen) atoms. The molecule has 3 aromatic rings. The Morgan fingerprint density at radius 1 is 1.31 bits per heavy atom. The lowest BCUT2D eigenvalue weighted by Gasteiger charge is -2.32. The average molecular weight is 371 g/mol. The molecule has 0 aromatic carbocycles. The van der Waals surface area contributed by atoms with Gasteiger partial charge in [0.05, 0.1) is 32.6 Å². The molecular weight excluding hydrogens is 348 g/mol. The highest BCUT2D eigenvalue weighted by Crippen LogP contribution is 2.14. The van der Waals surface area contributed by atoms with Crippen LogP contribution in [0.1, 0.15) is 22.5 Å². The first kappa shape index (κ1) is 17.1. The summed E-state index contributed by atoms with van der Waals surface area (Å²) in [5.74, 6) is 0.758. The van der Waals surface area contributed by atoms with E-state index in [9.17, 15) is 4.79 Å². The fourth-order valence-corrected chi connectivity index (χ4v) is 4.27. The Morgan fingerprint density at radius 2 is 2.12 bits per heavy atom. The molecule has 0 bridgehead atoms. The molecule has 0 unspecified atom stereocenters. The van der Waals surface area contributed by atoms with Gasteiger partial charge >= 0.3 is 0 Å². The number of hydrogen-bond donors (Lipinski definition) is 1. The van der Waals surface area contributed by atoms with Crippen LogP contribution in [0.25, 0.3) is 5.78 Å². The lowest BCUT2D eigenvalue weighted by atomic mass is 10.1. The molecule has 1 fully saturated rings. The number of piperazine rings is 1. The Hall–Kier alpha value is -2.32. The molecule has 7 nitrogen and oxygen atoms in total. The monoisotopic (exact) mass is 371 g/mol. The number of carbonyl (C=O) groups excluding carboxylic acids is 1. The van der Waals surface area contributed by atoms with E-state index < -0.39 is 0 Å². The fourth-order valence-electron chi connectivity index (χ4n) is 3.61. The van der Waals surface area contributed by atoms with E-state index in [1.54, 1.807) is 20.8 Å². The van der Waals surface area contributed by atoms with Crippen molar-refractivity contribution in [2.75, 3.05) is 26.2 Å². The predicted octanol–water partition coefficient (Wildman–Crippen LogP) is 0.272. The van der Waals surface area contributed by atoms with Crippen molar-refractivity contribution in [1.82, 2.24) is 24.5 Å². The van der Waals surface area contributed by atoms with E-state index in [0.717, 1.165) is 49.7 Å². The zero-order valence-corrected chi connectivity index (χ0v) is 15.9. The summed E-state index contributed by atoms with van der Waals surface area (Å²) in [6, 6.07) is 2.19. The molecule has 1 amide bonds. The van der Waals surface area contributed by atoms with Gasteiger partial charge < -0.3 is 9.80 Å². The predicted molar refractivity (Wildman–Crippen MR) is 99.3 cm³/mol. The second-order valence-electron chi connectivity index (χ2n) is 6.85. The first-order valence-corrected chi connectivity index (χ1v) is 9.84. The molecule has 3 aromatic heterocycles. The summed E-state index contributed by atoms with van der Waals surface area (Å²) in [5.41, 5.74) is 4.16. The maximum absolute atomic E-state index is 12.8. The van der Waals surface area contributed by atoms with E-state index in [-0.39, 0.29) is 5.91 Å². The van der Waals surface area contributed by atoms with Gasteiger partial charge in [-0.25, -0.2) is 9.50 Å². The number of amides is 1. The summed E-state index contributed by atoms with van der Waals surface area (Å²) in [4.78, 5) is 24.9. The third-order valence-electron chi connectivity index (χ3n) is 5.17. The van der Waals surface area contributed by atoms with Crippen molar-refractivity contribution in [2.45, 2.75) is 26.8 Å². The van der Waals surface area contributed by atoms with Gasteiger partial charge in [0.2, 0.25) is 5.91 Å². The lowest BCUT2D eigenvalue weighted by Crippen LogP contribution is -3.13. The van der Waals surface area contributed by atoms with Crippen LogP contribution in [0.15, 0.2) is 23.2 Å². The minimum Gasteiger partial charge on any atom is -0.331 e. The van der Waals surface area contributed by atoms with E-state index >= 15 is 0 Å². The fraction of sp³-hybridized carbons (Fsp3) is 0.444.